The average Bonchev–Trinajstić information content (AvgIpc) is 2.47. The number of amides is 1. The number of benzene rings is 2. The predicted octanol–water partition coefficient (Wildman–Crippen LogP) is 2.15. The van der Waals surface area contributed by atoms with Crippen LogP contribution in [0, 0.1) is 0 Å². The number of nitrogens with two attached hydrogens (primary N) is 1. The molecule has 5 nitrogen and oxygen atoms in total. The zero-order valence-corrected chi connectivity index (χ0v) is 11.4. The second-order valence-electron chi connectivity index (χ2n) is 5.11. The van der Waals surface area contributed by atoms with E-state index in [1.807, 2.05) is 24.3 Å². The Labute approximate surface area is 122 Å². The Kier molecular flexibility index (Phi) is 3.27. The van der Waals surface area contributed by atoms with Crippen LogP contribution in [0.5, 0.6) is 11.5 Å². The van der Waals surface area contributed by atoms with Gasteiger partial charge in [-0.1, -0.05) is 18.2 Å². The van der Waals surface area contributed by atoms with Crippen molar-refractivity contribution in [3.63, 3.8) is 0 Å². The van der Waals surface area contributed by atoms with E-state index < -0.39 is 0 Å². The lowest BCUT2D eigenvalue weighted by Gasteiger charge is -2.32. The second kappa shape index (κ2) is 5.10. The molecule has 21 heavy (non-hydrogen) atoms. The van der Waals surface area contributed by atoms with Crippen LogP contribution >= 0.6 is 0 Å². The van der Waals surface area contributed by atoms with Crippen molar-refractivity contribution in [2.45, 2.75) is 12.5 Å². The first-order valence-electron chi connectivity index (χ1n) is 6.76. The fraction of sp³-hybridized carbons (Fsp3) is 0.188. The molecule has 1 unspecified atom stereocenters. The molecular weight excluding hydrogens is 268 g/mol. The first kappa shape index (κ1) is 13.5. The lowest BCUT2D eigenvalue weighted by Crippen LogP contribution is -2.38. The van der Waals surface area contributed by atoms with E-state index in [0.29, 0.717) is 13.0 Å². The standard InChI is InChI=1S/C16H16N2O3/c17-13-7-8-18(14-4-2-1-3-11(13)14)16(21)12-6-5-10(19)9-15(12)20/h1-6,9,13,19-20H,7-8,17H2. The number of para-hydroxylation sites is 1. The molecule has 0 radical (unpaired) electrons. The molecule has 0 bridgehead atoms. The van der Waals surface area contributed by atoms with Gasteiger partial charge in [0.05, 0.1) is 5.56 Å². The van der Waals surface area contributed by atoms with Crippen molar-refractivity contribution in [2.24, 2.45) is 5.73 Å². The van der Waals surface area contributed by atoms with Crippen molar-refractivity contribution >= 4 is 11.6 Å². The Morgan fingerprint density at radius 3 is 2.71 bits per heavy atom. The third kappa shape index (κ3) is 2.32. The van der Waals surface area contributed by atoms with Crippen LogP contribution in [0.2, 0.25) is 0 Å². The minimum atomic E-state index is -0.299. The molecule has 1 heterocycles. The van der Waals surface area contributed by atoms with E-state index in [9.17, 15) is 15.0 Å². The smallest absolute Gasteiger partial charge is 0.262 e. The molecule has 108 valence electrons. The highest BCUT2D eigenvalue weighted by atomic mass is 16.3. The predicted molar refractivity (Wildman–Crippen MR) is 79.4 cm³/mol. The number of aromatic hydroxyl groups is 2. The van der Waals surface area contributed by atoms with Gasteiger partial charge >= 0.3 is 0 Å². The molecule has 3 rings (SSSR count). The van der Waals surface area contributed by atoms with Crippen molar-refractivity contribution in [1.82, 2.24) is 0 Å². The summed E-state index contributed by atoms with van der Waals surface area (Å²) < 4.78 is 0. The fourth-order valence-corrected chi connectivity index (χ4v) is 2.65. The van der Waals surface area contributed by atoms with Crippen molar-refractivity contribution in [2.75, 3.05) is 11.4 Å². The molecule has 2 aromatic carbocycles. The van der Waals surface area contributed by atoms with Gasteiger partial charge in [0.15, 0.2) is 0 Å². The maximum atomic E-state index is 12.6. The maximum absolute atomic E-state index is 12.6. The number of carbonyl (C=O) groups excluding carboxylic acids is 1. The summed E-state index contributed by atoms with van der Waals surface area (Å²) in [6.07, 6.45) is 0.668. The molecule has 1 atom stereocenters. The van der Waals surface area contributed by atoms with Gasteiger partial charge in [0, 0.05) is 24.3 Å². The van der Waals surface area contributed by atoms with E-state index in [1.165, 1.54) is 12.1 Å². The summed E-state index contributed by atoms with van der Waals surface area (Å²) in [6, 6.07) is 11.4. The number of fused-ring (bicyclic) bond motifs is 1. The van der Waals surface area contributed by atoms with Crippen molar-refractivity contribution in [1.29, 1.82) is 0 Å². The second-order valence-corrected chi connectivity index (χ2v) is 5.11. The van der Waals surface area contributed by atoms with Gasteiger partial charge in [0.1, 0.15) is 11.5 Å². The van der Waals surface area contributed by atoms with Gasteiger partial charge < -0.3 is 20.8 Å². The van der Waals surface area contributed by atoms with Gasteiger partial charge in [-0.15, -0.1) is 0 Å². The first-order valence-corrected chi connectivity index (χ1v) is 6.76. The van der Waals surface area contributed by atoms with Crippen molar-refractivity contribution < 1.29 is 15.0 Å². The zero-order chi connectivity index (χ0) is 15.0. The molecular formula is C16H16N2O3. The number of phenolic OH excluding ortho intramolecular Hbond substituents is 2. The number of anilines is 1. The van der Waals surface area contributed by atoms with Crippen LogP contribution in [0.1, 0.15) is 28.4 Å². The molecule has 5 heteroatoms. The minimum absolute atomic E-state index is 0.0786. The highest BCUT2D eigenvalue weighted by Gasteiger charge is 2.28. The molecule has 4 N–H and O–H groups in total. The summed E-state index contributed by atoms with van der Waals surface area (Å²) in [5.74, 6) is -0.607. The number of phenols is 2. The monoisotopic (exact) mass is 284 g/mol. The van der Waals surface area contributed by atoms with E-state index in [0.717, 1.165) is 17.3 Å². The van der Waals surface area contributed by atoms with Crippen LogP contribution in [0.25, 0.3) is 0 Å². The largest absolute Gasteiger partial charge is 0.508 e. The van der Waals surface area contributed by atoms with Crippen LogP contribution in [-0.4, -0.2) is 22.7 Å². The summed E-state index contributed by atoms with van der Waals surface area (Å²) in [5.41, 5.74) is 7.94. The Morgan fingerprint density at radius 1 is 1.19 bits per heavy atom. The van der Waals surface area contributed by atoms with Crippen LogP contribution in [0.4, 0.5) is 5.69 Å². The number of hydrogen-bond donors (Lipinski definition) is 3. The molecule has 2 aromatic rings. The van der Waals surface area contributed by atoms with Crippen LogP contribution in [0.15, 0.2) is 42.5 Å². The first-order chi connectivity index (χ1) is 10.1. The molecule has 0 saturated carbocycles. The van der Waals surface area contributed by atoms with E-state index in [-0.39, 0.29) is 29.0 Å². The van der Waals surface area contributed by atoms with E-state index in [2.05, 4.69) is 0 Å². The number of carbonyl (C=O) groups is 1. The van der Waals surface area contributed by atoms with Gasteiger partial charge in [-0.2, -0.15) is 0 Å². The van der Waals surface area contributed by atoms with Crippen LogP contribution < -0.4 is 10.6 Å². The Hall–Kier alpha value is -2.53. The zero-order valence-electron chi connectivity index (χ0n) is 11.4. The van der Waals surface area contributed by atoms with Gasteiger partial charge in [-0.25, -0.2) is 0 Å². The highest BCUT2D eigenvalue weighted by Crippen LogP contribution is 2.34. The summed E-state index contributed by atoms with van der Waals surface area (Å²) in [4.78, 5) is 14.3. The van der Waals surface area contributed by atoms with Crippen molar-refractivity contribution in [3.8, 4) is 11.5 Å². The topological polar surface area (TPSA) is 86.8 Å². The molecule has 0 spiro atoms. The SMILES string of the molecule is NC1CCN(C(=O)c2ccc(O)cc2O)c2ccccc21. The van der Waals surface area contributed by atoms with E-state index >= 15 is 0 Å². The summed E-state index contributed by atoms with van der Waals surface area (Å²) in [5, 5.41) is 19.2. The third-order valence-corrected chi connectivity index (χ3v) is 3.75. The summed E-state index contributed by atoms with van der Waals surface area (Å²) >= 11 is 0. The Bertz CT molecular complexity index is 700. The van der Waals surface area contributed by atoms with Crippen LogP contribution in [-0.2, 0) is 0 Å². The fourth-order valence-electron chi connectivity index (χ4n) is 2.65. The van der Waals surface area contributed by atoms with Gasteiger partial charge in [-0.3, -0.25) is 4.79 Å². The lowest BCUT2D eigenvalue weighted by atomic mass is 9.96. The lowest BCUT2D eigenvalue weighted by molar-refractivity contribution is 0.0981. The maximum Gasteiger partial charge on any atom is 0.262 e. The molecule has 0 aromatic heterocycles. The molecule has 0 saturated heterocycles. The average molecular weight is 284 g/mol. The molecule has 1 amide bonds. The summed E-state index contributed by atoms with van der Waals surface area (Å²) in [7, 11) is 0. The Balaban J connectivity index is 2.01. The van der Waals surface area contributed by atoms with E-state index in [1.54, 1.807) is 4.90 Å². The van der Waals surface area contributed by atoms with Crippen LogP contribution in [0.3, 0.4) is 0 Å². The molecule has 0 fully saturated rings. The number of nitrogens with zero attached hydrogens (tertiary/aromatic N) is 1. The van der Waals surface area contributed by atoms with Gasteiger partial charge in [-0.05, 0) is 30.2 Å². The van der Waals surface area contributed by atoms with Crippen molar-refractivity contribution in [3.05, 3.63) is 53.6 Å². The van der Waals surface area contributed by atoms with Gasteiger partial charge in [0.2, 0.25) is 0 Å². The quantitative estimate of drug-likeness (QED) is 0.749. The Morgan fingerprint density at radius 2 is 1.95 bits per heavy atom. The van der Waals surface area contributed by atoms with E-state index in [4.69, 9.17) is 5.73 Å². The third-order valence-electron chi connectivity index (χ3n) is 3.75. The molecule has 1 aliphatic heterocycles. The minimum Gasteiger partial charge on any atom is -0.508 e. The van der Waals surface area contributed by atoms with Gasteiger partial charge in [0.25, 0.3) is 5.91 Å². The molecule has 0 aliphatic carbocycles. The summed E-state index contributed by atoms with van der Waals surface area (Å²) in [6.45, 7) is 0.497. The highest BCUT2D eigenvalue weighted by molar-refractivity contribution is 6.08. The normalized spacial score (nSPS) is 17.4. The number of hydrogen-bond acceptors (Lipinski definition) is 4. The molecule has 1 aliphatic rings. The number of rotatable bonds is 1.